The minimum Gasteiger partial charge on any atom is -0.335 e. The lowest BCUT2D eigenvalue weighted by molar-refractivity contribution is 0.0533. The van der Waals surface area contributed by atoms with E-state index < -0.39 is 0 Å². The van der Waals surface area contributed by atoms with Crippen LogP contribution in [0, 0.1) is 0 Å². The smallest absolute Gasteiger partial charge is 0.274 e. The van der Waals surface area contributed by atoms with Gasteiger partial charge < -0.3 is 9.80 Å². The van der Waals surface area contributed by atoms with Crippen LogP contribution in [0.2, 0.25) is 0 Å². The van der Waals surface area contributed by atoms with E-state index in [2.05, 4.69) is 10.1 Å². The quantitative estimate of drug-likeness (QED) is 0.397. The number of nitrogens with zero attached hydrogens (tertiary/aromatic N) is 7. The molecule has 2 amide bonds. The van der Waals surface area contributed by atoms with E-state index in [0.717, 1.165) is 11.4 Å². The zero-order valence-electron chi connectivity index (χ0n) is 19.4. The van der Waals surface area contributed by atoms with Crippen LogP contribution < -0.4 is 0 Å². The predicted molar refractivity (Wildman–Crippen MR) is 134 cm³/mol. The van der Waals surface area contributed by atoms with Crippen LogP contribution in [-0.2, 0) is 0 Å². The standard InChI is InChI=1S/C27H23N7O2/c35-26(20-7-3-1-4-8-20)31-15-17-32(18-16-31)27(36)24-23-19-28-13-14-33(23)25(30-24)22-11-12-29-34(22)21-9-5-2-6-10-21/h1-14,19H,15-18H2. The summed E-state index contributed by atoms with van der Waals surface area (Å²) in [4.78, 5) is 39.0. The van der Waals surface area contributed by atoms with Gasteiger partial charge in [-0.15, -0.1) is 0 Å². The van der Waals surface area contributed by atoms with Gasteiger partial charge in [-0.05, 0) is 30.3 Å². The number of aromatic nitrogens is 5. The van der Waals surface area contributed by atoms with E-state index in [0.29, 0.717) is 48.8 Å². The molecule has 0 radical (unpaired) electrons. The lowest BCUT2D eigenvalue weighted by atomic mass is 10.2. The molecule has 0 bridgehead atoms. The van der Waals surface area contributed by atoms with Crippen molar-refractivity contribution in [2.45, 2.75) is 0 Å². The molecule has 0 atom stereocenters. The van der Waals surface area contributed by atoms with Crippen molar-refractivity contribution >= 4 is 17.3 Å². The van der Waals surface area contributed by atoms with Crippen LogP contribution in [0.4, 0.5) is 0 Å². The maximum atomic E-state index is 13.6. The van der Waals surface area contributed by atoms with Crippen LogP contribution in [0.1, 0.15) is 20.8 Å². The summed E-state index contributed by atoms with van der Waals surface area (Å²) < 4.78 is 3.67. The number of carbonyl (C=O) groups excluding carboxylic acids is 2. The summed E-state index contributed by atoms with van der Waals surface area (Å²) >= 11 is 0. The third kappa shape index (κ3) is 3.80. The molecule has 36 heavy (non-hydrogen) atoms. The summed E-state index contributed by atoms with van der Waals surface area (Å²) in [6.07, 6.45) is 6.84. The average molecular weight is 478 g/mol. The zero-order chi connectivity index (χ0) is 24.5. The largest absolute Gasteiger partial charge is 0.335 e. The molecule has 3 aromatic heterocycles. The Morgan fingerprint density at radius 2 is 1.42 bits per heavy atom. The number of fused-ring (bicyclic) bond motifs is 1. The van der Waals surface area contributed by atoms with Crippen molar-refractivity contribution in [3.8, 4) is 17.2 Å². The van der Waals surface area contributed by atoms with E-state index in [1.165, 1.54) is 0 Å². The van der Waals surface area contributed by atoms with Gasteiger partial charge in [0.1, 0.15) is 5.69 Å². The fraction of sp³-hybridized carbons (Fsp3) is 0.148. The van der Waals surface area contributed by atoms with Gasteiger partial charge >= 0.3 is 0 Å². The summed E-state index contributed by atoms with van der Waals surface area (Å²) in [6, 6.07) is 20.9. The van der Waals surface area contributed by atoms with Crippen LogP contribution in [-0.4, -0.2) is 71.9 Å². The Labute approximate surface area is 207 Å². The highest BCUT2D eigenvalue weighted by Crippen LogP contribution is 2.25. The van der Waals surface area contributed by atoms with Crippen LogP contribution in [0.25, 0.3) is 22.7 Å². The second-order valence-electron chi connectivity index (χ2n) is 8.53. The third-order valence-corrected chi connectivity index (χ3v) is 6.40. The molecule has 9 heteroatoms. The van der Waals surface area contributed by atoms with Gasteiger partial charge in [0, 0.05) is 44.1 Å². The van der Waals surface area contributed by atoms with Crippen LogP contribution in [0.3, 0.4) is 0 Å². The number of carbonyl (C=O) groups is 2. The molecule has 0 aliphatic carbocycles. The fourth-order valence-corrected chi connectivity index (χ4v) is 4.55. The van der Waals surface area contributed by atoms with Gasteiger partial charge in [0.15, 0.2) is 11.5 Å². The molecule has 4 heterocycles. The number of hydrogen-bond acceptors (Lipinski definition) is 5. The Bertz CT molecular complexity index is 1530. The number of amides is 2. The molecule has 0 spiro atoms. The van der Waals surface area contributed by atoms with Gasteiger partial charge in [-0.2, -0.15) is 5.10 Å². The van der Waals surface area contributed by atoms with Crippen LogP contribution in [0.5, 0.6) is 0 Å². The SMILES string of the molecule is O=C(c1ccccc1)N1CCN(C(=O)c2nc(-c3ccnn3-c3ccccc3)n3ccncc23)CC1. The normalized spacial score (nSPS) is 13.8. The van der Waals surface area contributed by atoms with Crippen molar-refractivity contribution in [1.29, 1.82) is 0 Å². The molecule has 1 saturated heterocycles. The molecule has 2 aromatic carbocycles. The van der Waals surface area contributed by atoms with E-state index in [9.17, 15) is 9.59 Å². The maximum absolute atomic E-state index is 13.6. The number of hydrogen-bond donors (Lipinski definition) is 0. The van der Waals surface area contributed by atoms with E-state index >= 15 is 0 Å². The Balaban J connectivity index is 1.28. The number of para-hydroxylation sites is 1. The second-order valence-corrected chi connectivity index (χ2v) is 8.53. The molecule has 6 rings (SSSR count). The Morgan fingerprint density at radius 1 is 0.750 bits per heavy atom. The number of rotatable bonds is 4. The van der Waals surface area contributed by atoms with E-state index in [-0.39, 0.29) is 11.8 Å². The van der Waals surface area contributed by atoms with Gasteiger partial charge in [0.2, 0.25) is 0 Å². The van der Waals surface area contributed by atoms with E-state index in [1.807, 2.05) is 71.1 Å². The zero-order valence-corrected chi connectivity index (χ0v) is 19.4. The van der Waals surface area contributed by atoms with Crippen molar-refractivity contribution in [2.75, 3.05) is 26.2 Å². The molecular formula is C27H23N7O2. The molecule has 0 unspecified atom stereocenters. The first-order valence-electron chi connectivity index (χ1n) is 11.8. The molecular weight excluding hydrogens is 454 g/mol. The molecule has 9 nitrogen and oxygen atoms in total. The lowest BCUT2D eigenvalue weighted by Crippen LogP contribution is -2.50. The lowest BCUT2D eigenvalue weighted by Gasteiger charge is -2.34. The molecule has 0 N–H and O–H groups in total. The number of benzene rings is 2. The molecule has 1 aliphatic rings. The van der Waals surface area contributed by atoms with E-state index in [1.54, 1.807) is 39.3 Å². The first-order chi connectivity index (χ1) is 17.7. The Kier molecular flexibility index (Phi) is 5.49. The van der Waals surface area contributed by atoms with E-state index in [4.69, 9.17) is 4.98 Å². The predicted octanol–water partition coefficient (Wildman–Crippen LogP) is 3.18. The minimum absolute atomic E-state index is 0.0178. The minimum atomic E-state index is -0.177. The van der Waals surface area contributed by atoms with Crippen LogP contribution in [0.15, 0.2) is 91.5 Å². The van der Waals surface area contributed by atoms with Crippen molar-refractivity contribution in [1.82, 2.24) is 33.9 Å². The summed E-state index contributed by atoms with van der Waals surface area (Å²) in [5.74, 6) is 0.412. The monoisotopic (exact) mass is 477 g/mol. The summed E-state index contributed by atoms with van der Waals surface area (Å²) in [6.45, 7) is 1.82. The van der Waals surface area contributed by atoms with Crippen molar-refractivity contribution < 1.29 is 9.59 Å². The van der Waals surface area contributed by atoms with Gasteiger partial charge in [-0.1, -0.05) is 36.4 Å². The molecule has 1 fully saturated rings. The van der Waals surface area contributed by atoms with Gasteiger partial charge in [-0.25, -0.2) is 9.67 Å². The number of imidazole rings is 1. The van der Waals surface area contributed by atoms with Crippen molar-refractivity contribution in [3.63, 3.8) is 0 Å². The van der Waals surface area contributed by atoms with Gasteiger partial charge in [0.25, 0.3) is 11.8 Å². The van der Waals surface area contributed by atoms with Gasteiger partial charge in [0.05, 0.1) is 23.6 Å². The summed E-state index contributed by atoms with van der Waals surface area (Å²) in [5.41, 5.74) is 3.28. The summed E-state index contributed by atoms with van der Waals surface area (Å²) in [7, 11) is 0. The molecule has 5 aromatic rings. The van der Waals surface area contributed by atoms with Crippen molar-refractivity contribution in [2.24, 2.45) is 0 Å². The van der Waals surface area contributed by atoms with Crippen LogP contribution >= 0.6 is 0 Å². The topological polar surface area (TPSA) is 88.6 Å². The molecule has 0 saturated carbocycles. The fourth-order valence-electron chi connectivity index (χ4n) is 4.55. The Morgan fingerprint density at radius 3 is 2.14 bits per heavy atom. The summed E-state index contributed by atoms with van der Waals surface area (Å²) in [5, 5.41) is 4.48. The first kappa shape index (κ1) is 21.7. The molecule has 178 valence electrons. The number of piperazine rings is 1. The van der Waals surface area contributed by atoms with Crippen molar-refractivity contribution in [3.05, 3.63) is 103 Å². The Hall–Kier alpha value is -4.79. The third-order valence-electron chi connectivity index (χ3n) is 6.40. The average Bonchev–Trinajstić information content (AvgIpc) is 3.58. The highest BCUT2D eigenvalue weighted by Gasteiger charge is 2.29. The first-order valence-corrected chi connectivity index (χ1v) is 11.8. The second kappa shape index (κ2) is 9.10. The van der Waals surface area contributed by atoms with Gasteiger partial charge in [-0.3, -0.25) is 19.0 Å². The highest BCUT2D eigenvalue weighted by molar-refractivity contribution is 6.00. The molecule has 1 aliphatic heterocycles. The highest BCUT2D eigenvalue weighted by atomic mass is 16.2. The maximum Gasteiger partial charge on any atom is 0.274 e.